The van der Waals surface area contributed by atoms with Gasteiger partial charge in [-0.3, -0.25) is 4.68 Å². The van der Waals surface area contributed by atoms with Crippen LogP contribution in [0.15, 0.2) is 48.9 Å². The highest BCUT2D eigenvalue weighted by Crippen LogP contribution is 2.34. The van der Waals surface area contributed by atoms with Crippen LogP contribution in [0.5, 0.6) is 0 Å². The lowest BCUT2D eigenvalue weighted by molar-refractivity contribution is 0.768. The van der Waals surface area contributed by atoms with Gasteiger partial charge in [-0.05, 0) is 18.2 Å². The summed E-state index contributed by atoms with van der Waals surface area (Å²) in [6.07, 6.45) is 5.54. The van der Waals surface area contributed by atoms with E-state index in [9.17, 15) is 0 Å². The Labute approximate surface area is 155 Å². The predicted molar refractivity (Wildman–Crippen MR) is 104 cm³/mol. The summed E-state index contributed by atoms with van der Waals surface area (Å²) in [6.45, 7) is 0. The molecular weight excluding hydrogens is 365 g/mol. The number of fused-ring (bicyclic) bond motifs is 1. The van der Waals surface area contributed by atoms with Crippen LogP contribution in [-0.4, -0.2) is 19.7 Å². The van der Waals surface area contributed by atoms with Crippen molar-refractivity contribution >= 4 is 52.2 Å². The third kappa shape index (κ3) is 3.21. The highest BCUT2D eigenvalue weighted by atomic mass is 35.5. The average Bonchev–Trinajstić information content (AvgIpc) is 3.13. The fraction of sp³-hybridized carbons (Fsp3) is 0.0625. The fourth-order valence-electron chi connectivity index (χ4n) is 2.36. The van der Waals surface area contributed by atoms with Crippen LogP contribution in [0.4, 0.5) is 5.82 Å². The molecule has 0 atom stereocenters. The first-order valence-electron chi connectivity index (χ1n) is 6.81. The number of nitrogens with two attached hydrogens (primary N) is 1. The zero-order chi connectivity index (χ0) is 15.1. The number of benzene rings is 1. The molecule has 0 bridgehead atoms. The zero-order valence-corrected chi connectivity index (χ0v) is 15.2. The molecule has 3 aromatic heterocycles. The van der Waals surface area contributed by atoms with E-state index in [0.29, 0.717) is 5.82 Å². The fourth-order valence-corrected chi connectivity index (χ4v) is 3.35. The monoisotopic (exact) mass is 379 g/mol. The molecular formula is C16H15Cl2N5S. The number of aromatic nitrogens is 4. The minimum Gasteiger partial charge on any atom is -0.383 e. The summed E-state index contributed by atoms with van der Waals surface area (Å²) in [7, 11) is 1.89. The van der Waals surface area contributed by atoms with Gasteiger partial charge in [0.25, 0.3) is 0 Å². The van der Waals surface area contributed by atoms with E-state index < -0.39 is 0 Å². The molecule has 0 saturated heterocycles. The van der Waals surface area contributed by atoms with Gasteiger partial charge in [-0.1, -0.05) is 12.1 Å². The first-order chi connectivity index (χ1) is 10.7. The van der Waals surface area contributed by atoms with Crippen molar-refractivity contribution in [2.24, 2.45) is 7.05 Å². The van der Waals surface area contributed by atoms with Gasteiger partial charge in [0.15, 0.2) is 0 Å². The van der Waals surface area contributed by atoms with Gasteiger partial charge in [-0.15, -0.1) is 36.2 Å². The molecule has 0 aliphatic carbocycles. The van der Waals surface area contributed by atoms with Crippen LogP contribution in [0, 0.1) is 0 Å². The third-order valence-electron chi connectivity index (χ3n) is 3.48. The number of hydrogen-bond donors (Lipinski definition) is 1. The Morgan fingerprint density at radius 1 is 1.08 bits per heavy atom. The zero-order valence-electron chi connectivity index (χ0n) is 12.7. The summed E-state index contributed by atoms with van der Waals surface area (Å²) in [5.74, 6) is 0.492. The van der Waals surface area contributed by atoms with Crippen LogP contribution in [0.2, 0.25) is 0 Å². The normalized spacial score (nSPS) is 10.2. The number of halogens is 2. The standard InChI is InChI=1S/C16H13N5S.2ClH/c1-21-9-11(8-19-21)10-6-12(15(17)18-7-10)16-20-13-4-2-3-5-14(13)22-16;;/h2-9H,1H3,(H2,17,18);2*1H. The van der Waals surface area contributed by atoms with Crippen molar-refractivity contribution in [2.75, 3.05) is 5.73 Å². The number of thiazole rings is 1. The molecule has 2 N–H and O–H groups in total. The summed E-state index contributed by atoms with van der Waals surface area (Å²) < 4.78 is 2.91. The van der Waals surface area contributed by atoms with Crippen LogP contribution in [-0.2, 0) is 7.05 Å². The van der Waals surface area contributed by atoms with Crippen LogP contribution in [0.1, 0.15) is 0 Å². The van der Waals surface area contributed by atoms with Gasteiger partial charge in [0, 0.05) is 30.6 Å². The minimum atomic E-state index is 0. The molecule has 8 heteroatoms. The summed E-state index contributed by atoms with van der Waals surface area (Å²) in [5, 5.41) is 5.08. The Morgan fingerprint density at radius 3 is 2.58 bits per heavy atom. The first-order valence-corrected chi connectivity index (χ1v) is 7.63. The van der Waals surface area contributed by atoms with Gasteiger partial charge in [0.1, 0.15) is 10.8 Å². The van der Waals surface area contributed by atoms with E-state index in [1.54, 1.807) is 22.2 Å². The topological polar surface area (TPSA) is 69.6 Å². The maximum atomic E-state index is 6.06. The predicted octanol–water partition coefficient (Wildman–Crippen LogP) is 4.18. The second-order valence-corrected chi connectivity index (χ2v) is 6.08. The number of rotatable bonds is 2. The lowest BCUT2D eigenvalue weighted by Crippen LogP contribution is -1.94. The van der Waals surface area contributed by atoms with Crippen molar-refractivity contribution in [3.8, 4) is 21.7 Å². The van der Waals surface area contributed by atoms with Crippen molar-refractivity contribution in [3.05, 3.63) is 48.9 Å². The van der Waals surface area contributed by atoms with Crippen molar-refractivity contribution in [2.45, 2.75) is 0 Å². The van der Waals surface area contributed by atoms with Crippen molar-refractivity contribution < 1.29 is 0 Å². The summed E-state index contributed by atoms with van der Waals surface area (Å²) >= 11 is 1.62. The molecule has 3 heterocycles. The van der Waals surface area contributed by atoms with Gasteiger partial charge in [0.2, 0.25) is 0 Å². The second kappa shape index (κ2) is 7.17. The van der Waals surface area contributed by atoms with Gasteiger partial charge < -0.3 is 5.73 Å². The van der Waals surface area contributed by atoms with Crippen LogP contribution in [0.3, 0.4) is 0 Å². The smallest absolute Gasteiger partial charge is 0.133 e. The molecule has 4 aromatic rings. The minimum absolute atomic E-state index is 0. The molecule has 0 fully saturated rings. The van der Waals surface area contributed by atoms with Crippen LogP contribution in [0.25, 0.3) is 31.9 Å². The highest BCUT2D eigenvalue weighted by Gasteiger charge is 2.12. The van der Waals surface area contributed by atoms with E-state index in [4.69, 9.17) is 5.73 Å². The largest absolute Gasteiger partial charge is 0.383 e. The molecule has 0 aliphatic rings. The molecule has 0 aliphatic heterocycles. The summed E-state index contributed by atoms with van der Waals surface area (Å²) in [6, 6.07) is 10.1. The number of nitrogen functional groups attached to an aromatic ring is 1. The Bertz CT molecular complexity index is 946. The van der Waals surface area contributed by atoms with E-state index in [1.807, 2.05) is 43.7 Å². The summed E-state index contributed by atoms with van der Waals surface area (Å²) in [4.78, 5) is 8.98. The lowest BCUT2D eigenvalue weighted by Gasteiger charge is -2.04. The van der Waals surface area contributed by atoms with Gasteiger partial charge in [-0.2, -0.15) is 5.10 Å². The molecule has 4 rings (SSSR count). The molecule has 0 spiro atoms. The lowest BCUT2D eigenvalue weighted by atomic mass is 10.1. The Hall–Kier alpha value is -2.15. The third-order valence-corrected chi connectivity index (χ3v) is 4.55. The number of nitrogens with zero attached hydrogens (tertiary/aromatic N) is 4. The molecule has 24 heavy (non-hydrogen) atoms. The summed E-state index contributed by atoms with van der Waals surface area (Å²) in [5.41, 5.74) is 9.90. The highest BCUT2D eigenvalue weighted by molar-refractivity contribution is 7.21. The quantitative estimate of drug-likeness (QED) is 0.566. The SMILES string of the molecule is Cl.Cl.Cn1cc(-c2cnc(N)c(-c3nc4ccccc4s3)c2)cn1. The van der Waals surface area contributed by atoms with Gasteiger partial charge in [-0.25, -0.2) is 9.97 Å². The van der Waals surface area contributed by atoms with E-state index in [-0.39, 0.29) is 24.8 Å². The number of aryl methyl sites for hydroxylation is 1. The number of pyridine rings is 1. The van der Waals surface area contributed by atoms with E-state index in [2.05, 4.69) is 21.1 Å². The second-order valence-electron chi connectivity index (χ2n) is 5.05. The molecule has 0 unspecified atom stereocenters. The molecule has 0 radical (unpaired) electrons. The van der Waals surface area contributed by atoms with E-state index >= 15 is 0 Å². The maximum Gasteiger partial charge on any atom is 0.133 e. The van der Waals surface area contributed by atoms with E-state index in [0.717, 1.165) is 31.9 Å². The van der Waals surface area contributed by atoms with Crippen molar-refractivity contribution in [3.63, 3.8) is 0 Å². The first kappa shape index (κ1) is 18.2. The Morgan fingerprint density at radius 2 is 1.88 bits per heavy atom. The molecule has 5 nitrogen and oxygen atoms in total. The Balaban J connectivity index is 0.00000104. The Kier molecular flexibility index (Phi) is 5.43. The number of anilines is 1. The van der Waals surface area contributed by atoms with Gasteiger partial charge in [0.05, 0.1) is 22.0 Å². The number of para-hydroxylation sites is 1. The average molecular weight is 380 g/mol. The van der Waals surface area contributed by atoms with Gasteiger partial charge >= 0.3 is 0 Å². The van der Waals surface area contributed by atoms with Crippen molar-refractivity contribution in [1.29, 1.82) is 0 Å². The van der Waals surface area contributed by atoms with Crippen LogP contribution >= 0.6 is 36.2 Å². The van der Waals surface area contributed by atoms with Crippen LogP contribution < -0.4 is 5.73 Å². The molecule has 1 aromatic carbocycles. The van der Waals surface area contributed by atoms with Crippen molar-refractivity contribution in [1.82, 2.24) is 19.7 Å². The number of hydrogen-bond acceptors (Lipinski definition) is 5. The maximum absolute atomic E-state index is 6.06. The van der Waals surface area contributed by atoms with E-state index in [1.165, 1.54) is 0 Å². The molecule has 0 amide bonds. The molecule has 0 saturated carbocycles. The molecule has 124 valence electrons.